The predicted molar refractivity (Wildman–Crippen MR) is 125 cm³/mol. The maximum atomic E-state index is 12.4. The molecule has 158 valence electrons. The van der Waals surface area contributed by atoms with E-state index in [4.69, 9.17) is 16.6 Å². The number of hydrogen-bond acceptors (Lipinski definition) is 5. The van der Waals surface area contributed by atoms with Crippen molar-refractivity contribution in [1.82, 2.24) is 24.5 Å². The molecule has 0 bridgehead atoms. The number of nitrogens with one attached hydrogen (secondary N) is 1. The third-order valence-corrected chi connectivity index (χ3v) is 5.67. The largest absolute Gasteiger partial charge is 0.370 e. The highest BCUT2D eigenvalue weighted by molar-refractivity contribution is 9.10. The van der Waals surface area contributed by atoms with E-state index in [1.807, 2.05) is 36.4 Å². The lowest BCUT2D eigenvalue weighted by atomic mass is 10.1. The summed E-state index contributed by atoms with van der Waals surface area (Å²) in [7, 11) is 1.78. The van der Waals surface area contributed by atoms with Gasteiger partial charge in [-0.15, -0.1) is 0 Å². The molecule has 3 heterocycles. The Kier molecular flexibility index (Phi) is 6.48. The normalized spacial score (nSPS) is 10.9. The smallest absolute Gasteiger partial charge is 0.272 e. The predicted octanol–water partition coefficient (Wildman–Crippen LogP) is 4.78. The van der Waals surface area contributed by atoms with Crippen LogP contribution in [0.25, 0.3) is 16.9 Å². The summed E-state index contributed by atoms with van der Waals surface area (Å²) in [5.74, 6) is 0.702. The van der Waals surface area contributed by atoms with Gasteiger partial charge in [0.2, 0.25) is 0 Å². The highest BCUT2D eigenvalue weighted by Crippen LogP contribution is 2.30. The average Bonchev–Trinajstić information content (AvgIpc) is 3.17. The molecule has 0 spiro atoms. The summed E-state index contributed by atoms with van der Waals surface area (Å²) < 4.78 is 2.54. The van der Waals surface area contributed by atoms with Gasteiger partial charge in [-0.3, -0.25) is 9.78 Å². The monoisotopic (exact) mass is 498 g/mol. The first-order chi connectivity index (χ1) is 15.0. The molecule has 0 aliphatic carbocycles. The highest BCUT2D eigenvalue weighted by atomic mass is 79.9. The second-order valence-corrected chi connectivity index (χ2v) is 8.22. The summed E-state index contributed by atoms with van der Waals surface area (Å²) in [4.78, 5) is 22.9. The Bertz CT molecular complexity index is 1210. The van der Waals surface area contributed by atoms with Gasteiger partial charge in [-0.2, -0.15) is 9.61 Å². The molecule has 1 N–H and O–H groups in total. The number of nitrogens with zero attached hydrogens (tertiary/aromatic N) is 5. The molecule has 0 saturated heterocycles. The van der Waals surface area contributed by atoms with Gasteiger partial charge in [-0.05, 0) is 40.5 Å². The number of pyridine rings is 1. The lowest BCUT2D eigenvalue weighted by Gasteiger charge is -2.17. The Morgan fingerprint density at radius 1 is 1.23 bits per heavy atom. The molecular formula is C22H20BrClN6O. The quantitative estimate of drug-likeness (QED) is 0.370. The van der Waals surface area contributed by atoms with Crippen LogP contribution >= 0.6 is 27.5 Å². The molecule has 4 rings (SSSR count). The lowest BCUT2D eigenvalue weighted by molar-refractivity contribution is 0.0789. The minimum Gasteiger partial charge on any atom is -0.370 e. The fraction of sp³-hybridized carbons (Fsp3) is 0.182. The van der Waals surface area contributed by atoms with Crippen molar-refractivity contribution in [2.75, 3.05) is 25.5 Å². The fourth-order valence-electron chi connectivity index (χ4n) is 3.19. The van der Waals surface area contributed by atoms with Crippen molar-refractivity contribution in [3.8, 4) is 11.3 Å². The van der Waals surface area contributed by atoms with Crippen molar-refractivity contribution in [3.05, 3.63) is 76.1 Å². The Labute approximate surface area is 193 Å². The number of fused-ring (bicyclic) bond motifs is 1. The molecule has 9 heteroatoms. The van der Waals surface area contributed by atoms with Gasteiger partial charge in [-0.25, -0.2) is 4.98 Å². The number of benzene rings is 1. The Morgan fingerprint density at radius 3 is 2.81 bits per heavy atom. The van der Waals surface area contributed by atoms with Crippen LogP contribution in [0.4, 0.5) is 5.82 Å². The van der Waals surface area contributed by atoms with Crippen LogP contribution in [0.3, 0.4) is 0 Å². The van der Waals surface area contributed by atoms with Crippen LogP contribution in [0.2, 0.25) is 5.02 Å². The molecule has 1 amide bonds. The van der Waals surface area contributed by atoms with Crippen molar-refractivity contribution in [1.29, 1.82) is 0 Å². The van der Waals surface area contributed by atoms with Gasteiger partial charge >= 0.3 is 0 Å². The van der Waals surface area contributed by atoms with E-state index in [0.717, 1.165) is 28.0 Å². The number of hydrogen-bond donors (Lipinski definition) is 1. The molecule has 0 unspecified atom stereocenters. The highest BCUT2D eigenvalue weighted by Gasteiger charge is 2.14. The van der Waals surface area contributed by atoms with Gasteiger partial charge in [0.1, 0.15) is 11.5 Å². The number of amides is 1. The van der Waals surface area contributed by atoms with Crippen LogP contribution in [-0.4, -0.2) is 50.5 Å². The summed E-state index contributed by atoms with van der Waals surface area (Å²) in [6.45, 7) is 1.25. The molecule has 31 heavy (non-hydrogen) atoms. The second kappa shape index (κ2) is 9.45. The van der Waals surface area contributed by atoms with Crippen LogP contribution < -0.4 is 5.32 Å². The van der Waals surface area contributed by atoms with Crippen LogP contribution in [-0.2, 0) is 0 Å². The maximum Gasteiger partial charge on any atom is 0.272 e. The molecule has 0 aliphatic rings. The summed E-state index contributed by atoms with van der Waals surface area (Å²) in [6, 6.07) is 14.8. The SMILES string of the molecule is CN(CCCNc1cc(-c2ccccc2Cl)nc2c(Br)cnn12)C(=O)c1ccccn1. The number of carbonyl (C=O) groups is 1. The molecule has 4 aromatic rings. The maximum absolute atomic E-state index is 12.4. The van der Waals surface area contributed by atoms with Gasteiger partial charge in [0.15, 0.2) is 5.65 Å². The molecule has 0 radical (unpaired) electrons. The van der Waals surface area contributed by atoms with E-state index in [-0.39, 0.29) is 5.91 Å². The third kappa shape index (κ3) is 4.70. The van der Waals surface area contributed by atoms with Crippen LogP contribution in [0, 0.1) is 0 Å². The zero-order valence-corrected chi connectivity index (χ0v) is 19.1. The minimum atomic E-state index is -0.0936. The Hall–Kier alpha value is -2.97. The fourth-order valence-corrected chi connectivity index (χ4v) is 3.77. The molecule has 0 saturated carbocycles. The summed E-state index contributed by atoms with van der Waals surface area (Å²) in [5, 5.41) is 8.44. The second-order valence-electron chi connectivity index (χ2n) is 6.96. The number of carbonyl (C=O) groups excluding carboxylic acids is 1. The van der Waals surface area contributed by atoms with Crippen LogP contribution in [0.15, 0.2) is 65.4 Å². The molecule has 0 aliphatic heterocycles. The van der Waals surface area contributed by atoms with Gasteiger partial charge in [-0.1, -0.05) is 35.9 Å². The molecule has 7 nitrogen and oxygen atoms in total. The summed E-state index contributed by atoms with van der Waals surface area (Å²) in [6.07, 6.45) is 4.09. The van der Waals surface area contributed by atoms with E-state index in [9.17, 15) is 4.79 Å². The first-order valence-corrected chi connectivity index (χ1v) is 10.9. The number of halogens is 2. The number of aromatic nitrogens is 4. The van der Waals surface area contributed by atoms with E-state index in [0.29, 0.717) is 29.5 Å². The Morgan fingerprint density at radius 2 is 2.03 bits per heavy atom. The number of rotatable bonds is 7. The molecule has 0 fully saturated rings. The van der Waals surface area contributed by atoms with Crippen molar-refractivity contribution in [2.45, 2.75) is 6.42 Å². The topological polar surface area (TPSA) is 75.4 Å². The lowest BCUT2D eigenvalue weighted by Crippen LogP contribution is -2.29. The first-order valence-electron chi connectivity index (χ1n) is 9.74. The van der Waals surface area contributed by atoms with Crippen molar-refractivity contribution in [2.24, 2.45) is 0 Å². The van der Waals surface area contributed by atoms with E-state index in [1.54, 1.807) is 41.0 Å². The first kappa shape index (κ1) is 21.3. The minimum absolute atomic E-state index is 0.0936. The number of anilines is 1. The zero-order chi connectivity index (χ0) is 21.8. The third-order valence-electron chi connectivity index (χ3n) is 4.79. The Balaban J connectivity index is 1.47. The van der Waals surface area contributed by atoms with Crippen LogP contribution in [0.5, 0.6) is 0 Å². The van der Waals surface area contributed by atoms with Crippen LogP contribution in [0.1, 0.15) is 16.9 Å². The summed E-state index contributed by atoms with van der Waals surface area (Å²) >= 11 is 9.89. The average molecular weight is 500 g/mol. The zero-order valence-electron chi connectivity index (χ0n) is 16.8. The van der Waals surface area contributed by atoms with Gasteiger partial charge in [0.25, 0.3) is 5.91 Å². The van der Waals surface area contributed by atoms with Gasteiger partial charge < -0.3 is 10.2 Å². The van der Waals surface area contributed by atoms with Crippen molar-refractivity contribution < 1.29 is 4.79 Å². The molecule has 1 aromatic carbocycles. The van der Waals surface area contributed by atoms with E-state index >= 15 is 0 Å². The van der Waals surface area contributed by atoms with Gasteiger partial charge in [0, 0.05) is 43.0 Å². The van der Waals surface area contributed by atoms with Crippen molar-refractivity contribution in [3.63, 3.8) is 0 Å². The van der Waals surface area contributed by atoms with E-state index in [1.165, 1.54) is 0 Å². The molecular weight excluding hydrogens is 480 g/mol. The molecule has 0 atom stereocenters. The molecule has 3 aromatic heterocycles. The standard InChI is InChI=1S/C22H20BrClN6O/c1-29(22(31)18-9-4-5-10-25-18)12-6-11-26-20-13-19(15-7-2-3-8-17(15)24)28-21-16(23)14-27-30(20)21/h2-5,7-10,13-14,26H,6,11-12H2,1H3. The van der Waals surface area contributed by atoms with Gasteiger partial charge in [0.05, 0.1) is 16.4 Å². The van der Waals surface area contributed by atoms with E-state index in [2.05, 4.69) is 31.3 Å². The van der Waals surface area contributed by atoms with E-state index < -0.39 is 0 Å². The summed E-state index contributed by atoms with van der Waals surface area (Å²) in [5.41, 5.74) is 2.75. The van der Waals surface area contributed by atoms with Crippen molar-refractivity contribution >= 4 is 44.9 Å².